The largest absolute Gasteiger partial charge is 0.389 e. The van der Waals surface area contributed by atoms with E-state index in [1.807, 2.05) is 18.2 Å². The van der Waals surface area contributed by atoms with Gasteiger partial charge in [0.2, 0.25) is 0 Å². The zero-order valence-corrected chi connectivity index (χ0v) is 12.9. The van der Waals surface area contributed by atoms with Gasteiger partial charge in [0, 0.05) is 18.1 Å². The lowest BCUT2D eigenvalue weighted by Crippen LogP contribution is -2.41. The first-order chi connectivity index (χ1) is 9.61. The topological polar surface area (TPSA) is 70.6 Å². The molecule has 1 aliphatic carbocycles. The van der Waals surface area contributed by atoms with Gasteiger partial charge in [-0.1, -0.05) is 28.1 Å². The zero-order chi connectivity index (χ0) is 14.5. The Morgan fingerprint density at radius 3 is 3.15 bits per heavy atom. The minimum absolute atomic E-state index is 0.0297. The summed E-state index contributed by atoms with van der Waals surface area (Å²) in [7, 11) is 1.51. The number of amides is 2. The van der Waals surface area contributed by atoms with Crippen LogP contribution in [0, 0.1) is 0 Å². The van der Waals surface area contributed by atoms with E-state index >= 15 is 0 Å². The lowest BCUT2D eigenvalue weighted by atomic mass is 10.1. The van der Waals surface area contributed by atoms with E-state index in [2.05, 4.69) is 26.6 Å². The molecular formula is C14H19BrN2O3. The van der Waals surface area contributed by atoms with Crippen LogP contribution in [0.3, 0.4) is 0 Å². The fourth-order valence-corrected chi connectivity index (χ4v) is 3.01. The molecule has 0 spiro atoms. The number of halogens is 1. The molecule has 0 radical (unpaired) electrons. The Hall–Kier alpha value is -1.11. The van der Waals surface area contributed by atoms with E-state index in [1.165, 1.54) is 12.7 Å². The Morgan fingerprint density at radius 2 is 2.40 bits per heavy atom. The van der Waals surface area contributed by atoms with Gasteiger partial charge in [-0.05, 0) is 30.0 Å². The van der Waals surface area contributed by atoms with Crippen molar-refractivity contribution in [1.82, 2.24) is 10.6 Å². The quantitative estimate of drug-likeness (QED) is 0.763. The maximum atomic E-state index is 11.8. The molecule has 1 aliphatic rings. The second-order valence-electron chi connectivity index (χ2n) is 4.86. The van der Waals surface area contributed by atoms with Crippen molar-refractivity contribution in [3.63, 3.8) is 0 Å². The van der Waals surface area contributed by atoms with Crippen molar-refractivity contribution in [2.45, 2.75) is 25.0 Å². The Morgan fingerprint density at radius 1 is 1.60 bits per heavy atom. The number of carbonyl (C=O) groups excluding carboxylic acids is 1. The first kappa shape index (κ1) is 15.3. The van der Waals surface area contributed by atoms with E-state index in [4.69, 9.17) is 4.74 Å². The second kappa shape index (κ2) is 7.06. The molecule has 2 amide bonds. The first-order valence-electron chi connectivity index (χ1n) is 6.60. The molecule has 1 aromatic rings. The van der Waals surface area contributed by atoms with E-state index in [-0.39, 0.29) is 25.2 Å². The molecule has 6 heteroatoms. The zero-order valence-electron chi connectivity index (χ0n) is 11.4. The number of benzene rings is 1. The van der Waals surface area contributed by atoms with Crippen LogP contribution in [-0.4, -0.2) is 37.5 Å². The standard InChI is InChI=1S/C14H19BrN2O3/c1-20-8-9(18)7-16-14(19)17-13-6-5-10-11(13)3-2-4-12(10)15/h2-4,9,13,18H,5-8H2,1H3,(H2,16,17,19). The lowest BCUT2D eigenvalue weighted by Gasteiger charge is -2.16. The van der Waals surface area contributed by atoms with Crippen LogP contribution in [0.25, 0.3) is 0 Å². The average Bonchev–Trinajstić information content (AvgIpc) is 2.82. The summed E-state index contributed by atoms with van der Waals surface area (Å²) in [6, 6.07) is 5.80. The minimum Gasteiger partial charge on any atom is -0.389 e. The smallest absolute Gasteiger partial charge is 0.315 e. The molecule has 0 aliphatic heterocycles. The molecule has 0 aromatic heterocycles. The molecular weight excluding hydrogens is 324 g/mol. The summed E-state index contributed by atoms with van der Waals surface area (Å²) in [5, 5.41) is 15.1. The first-order valence-corrected chi connectivity index (χ1v) is 7.39. The monoisotopic (exact) mass is 342 g/mol. The van der Waals surface area contributed by atoms with Crippen LogP contribution in [0.2, 0.25) is 0 Å². The fourth-order valence-electron chi connectivity index (χ4n) is 2.43. The molecule has 0 saturated carbocycles. The van der Waals surface area contributed by atoms with Crippen LogP contribution in [0.15, 0.2) is 22.7 Å². The molecule has 2 atom stereocenters. The molecule has 5 nitrogen and oxygen atoms in total. The van der Waals surface area contributed by atoms with Crippen LogP contribution in [0.5, 0.6) is 0 Å². The molecule has 110 valence electrons. The predicted octanol–water partition coefficient (Wildman–Crippen LogP) is 1.74. The number of methoxy groups -OCH3 is 1. The molecule has 3 N–H and O–H groups in total. The molecule has 0 bridgehead atoms. The van der Waals surface area contributed by atoms with Gasteiger partial charge in [-0.3, -0.25) is 0 Å². The molecule has 0 saturated heterocycles. The highest BCUT2D eigenvalue weighted by atomic mass is 79.9. The minimum atomic E-state index is -0.684. The number of hydrogen-bond acceptors (Lipinski definition) is 3. The number of nitrogens with one attached hydrogen (secondary N) is 2. The van der Waals surface area contributed by atoms with E-state index in [0.29, 0.717) is 0 Å². The van der Waals surface area contributed by atoms with E-state index in [0.717, 1.165) is 22.9 Å². The molecule has 0 fully saturated rings. The number of hydrogen-bond donors (Lipinski definition) is 3. The molecule has 2 unspecified atom stereocenters. The van der Waals surface area contributed by atoms with Gasteiger partial charge < -0.3 is 20.5 Å². The maximum Gasteiger partial charge on any atom is 0.315 e. The van der Waals surface area contributed by atoms with Gasteiger partial charge >= 0.3 is 6.03 Å². The summed E-state index contributed by atoms with van der Waals surface area (Å²) < 4.78 is 5.89. The number of urea groups is 1. The summed E-state index contributed by atoms with van der Waals surface area (Å²) in [6.07, 6.45) is 1.16. The highest BCUT2D eigenvalue weighted by Crippen LogP contribution is 2.35. The number of ether oxygens (including phenoxy) is 1. The molecule has 2 rings (SSSR count). The van der Waals surface area contributed by atoms with Crippen molar-refractivity contribution in [1.29, 1.82) is 0 Å². The normalized spacial score (nSPS) is 18.4. The third-order valence-electron chi connectivity index (χ3n) is 3.38. The molecule has 1 aromatic carbocycles. The summed E-state index contributed by atoms with van der Waals surface area (Å²) in [5.74, 6) is 0. The summed E-state index contributed by atoms with van der Waals surface area (Å²) >= 11 is 3.53. The Kier molecular flexibility index (Phi) is 5.39. The second-order valence-corrected chi connectivity index (χ2v) is 5.72. The van der Waals surface area contributed by atoms with Crippen LogP contribution in [0.1, 0.15) is 23.6 Å². The van der Waals surface area contributed by atoms with Crippen molar-refractivity contribution in [3.8, 4) is 0 Å². The number of aliphatic hydroxyl groups excluding tert-OH is 1. The summed E-state index contributed by atoms with van der Waals surface area (Å²) in [6.45, 7) is 0.386. The fraction of sp³-hybridized carbons (Fsp3) is 0.500. The van der Waals surface area contributed by atoms with Gasteiger partial charge in [0.15, 0.2) is 0 Å². The average molecular weight is 343 g/mol. The maximum absolute atomic E-state index is 11.8. The number of carbonyl (C=O) groups is 1. The van der Waals surface area contributed by atoms with Crippen molar-refractivity contribution in [3.05, 3.63) is 33.8 Å². The number of fused-ring (bicyclic) bond motifs is 1. The van der Waals surface area contributed by atoms with Crippen LogP contribution < -0.4 is 10.6 Å². The van der Waals surface area contributed by atoms with Gasteiger partial charge in [0.1, 0.15) is 0 Å². The van der Waals surface area contributed by atoms with E-state index in [9.17, 15) is 9.90 Å². The third-order valence-corrected chi connectivity index (χ3v) is 4.12. The van der Waals surface area contributed by atoms with Gasteiger partial charge in [0.25, 0.3) is 0 Å². The lowest BCUT2D eigenvalue weighted by molar-refractivity contribution is 0.0659. The summed E-state index contributed by atoms with van der Waals surface area (Å²) in [5.41, 5.74) is 2.42. The number of rotatable bonds is 5. The van der Waals surface area contributed by atoms with Gasteiger partial charge in [-0.15, -0.1) is 0 Å². The Balaban J connectivity index is 1.87. The van der Waals surface area contributed by atoms with Crippen LogP contribution >= 0.6 is 15.9 Å². The molecule has 20 heavy (non-hydrogen) atoms. The number of aliphatic hydroxyl groups is 1. The SMILES string of the molecule is COCC(O)CNC(=O)NC1CCc2c(Br)cccc21. The predicted molar refractivity (Wildman–Crippen MR) is 79.6 cm³/mol. The highest BCUT2D eigenvalue weighted by Gasteiger charge is 2.25. The van der Waals surface area contributed by atoms with Gasteiger partial charge in [-0.25, -0.2) is 4.79 Å². The van der Waals surface area contributed by atoms with Crippen molar-refractivity contribution in [2.24, 2.45) is 0 Å². The van der Waals surface area contributed by atoms with Crippen molar-refractivity contribution in [2.75, 3.05) is 20.3 Å². The van der Waals surface area contributed by atoms with Crippen molar-refractivity contribution < 1.29 is 14.6 Å². The van der Waals surface area contributed by atoms with Gasteiger partial charge in [0.05, 0.1) is 18.8 Å². The van der Waals surface area contributed by atoms with Gasteiger partial charge in [-0.2, -0.15) is 0 Å². The van der Waals surface area contributed by atoms with Crippen LogP contribution in [0.4, 0.5) is 4.79 Å². The highest BCUT2D eigenvalue weighted by molar-refractivity contribution is 9.10. The van der Waals surface area contributed by atoms with E-state index < -0.39 is 6.10 Å². The third kappa shape index (κ3) is 3.71. The Labute approximate surface area is 126 Å². The Bertz CT molecular complexity index is 481. The van der Waals surface area contributed by atoms with Crippen LogP contribution in [-0.2, 0) is 11.2 Å². The van der Waals surface area contributed by atoms with E-state index in [1.54, 1.807) is 0 Å². The summed E-state index contributed by atoms with van der Waals surface area (Å²) in [4.78, 5) is 11.8. The van der Waals surface area contributed by atoms with Crippen molar-refractivity contribution >= 4 is 22.0 Å². The molecule has 0 heterocycles.